The van der Waals surface area contributed by atoms with E-state index in [1.165, 1.54) is 11.5 Å². The molecule has 0 radical (unpaired) electrons. The van der Waals surface area contributed by atoms with Gasteiger partial charge in [0.05, 0.1) is 16.8 Å². The fourth-order valence-corrected chi connectivity index (χ4v) is 4.20. The molecular weight excluding hydrogens is 344 g/mol. The predicted molar refractivity (Wildman–Crippen MR) is 105 cm³/mol. The molecule has 1 aliphatic heterocycles. The minimum Gasteiger partial charge on any atom is -0.368 e. The summed E-state index contributed by atoms with van der Waals surface area (Å²) in [5.74, 6) is 0.915. The van der Waals surface area contributed by atoms with Crippen molar-refractivity contribution in [3.8, 4) is 6.07 Å². The molecular formula is C19H20N6S. The van der Waals surface area contributed by atoms with E-state index in [0.29, 0.717) is 5.56 Å². The van der Waals surface area contributed by atoms with E-state index in [9.17, 15) is 5.26 Å². The molecule has 0 N–H and O–H groups in total. The van der Waals surface area contributed by atoms with Crippen LogP contribution >= 0.6 is 11.5 Å². The van der Waals surface area contributed by atoms with Gasteiger partial charge in [0.15, 0.2) is 0 Å². The van der Waals surface area contributed by atoms with Crippen molar-refractivity contribution in [2.24, 2.45) is 0 Å². The van der Waals surface area contributed by atoms with Crippen molar-refractivity contribution in [3.05, 3.63) is 41.9 Å². The van der Waals surface area contributed by atoms with Crippen LogP contribution in [0, 0.1) is 11.3 Å². The van der Waals surface area contributed by atoms with Gasteiger partial charge in [0.25, 0.3) is 0 Å². The van der Waals surface area contributed by atoms with Gasteiger partial charge in [-0.2, -0.15) is 9.64 Å². The van der Waals surface area contributed by atoms with Crippen LogP contribution in [0.5, 0.6) is 0 Å². The van der Waals surface area contributed by atoms with Gasteiger partial charge in [0.1, 0.15) is 11.9 Å². The van der Waals surface area contributed by atoms with E-state index in [-0.39, 0.29) is 0 Å². The zero-order chi connectivity index (χ0) is 17.9. The molecule has 0 amide bonds. The SMILES string of the molecule is CCc1nsc(N2CCCN(c3c(C#N)cnc4ccccc34)CC2)n1. The maximum absolute atomic E-state index is 9.60. The Kier molecular flexibility index (Phi) is 4.67. The first kappa shape index (κ1) is 16.7. The van der Waals surface area contributed by atoms with Gasteiger partial charge < -0.3 is 9.80 Å². The summed E-state index contributed by atoms with van der Waals surface area (Å²) in [6.45, 7) is 5.68. The van der Waals surface area contributed by atoms with Gasteiger partial charge in [-0.3, -0.25) is 4.98 Å². The van der Waals surface area contributed by atoms with Gasteiger partial charge >= 0.3 is 0 Å². The van der Waals surface area contributed by atoms with Crippen molar-refractivity contribution in [2.45, 2.75) is 19.8 Å². The van der Waals surface area contributed by atoms with Crippen molar-refractivity contribution in [3.63, 3.8) is 0 Å². The second-order valence-electron chi connectivity index (χ2n) is 6.32. The minimum atomic E-state index is 0.640. The fourth-order valence-electron chi connectivity index (χ4n) is 3.40. The Morgan fingerprint density at radius 3 is 2.77 bits per heavy atom. The summed E-state index contributed by atoms with van der Waals surface area (Å²) in [5, 5.41) is 11.6. The number of aryl methyl sites for hydroxylation is 1. The lowest BCUT2D eigenvalue weighted by molar-refractivity contribution is 0.802. The quantitative estimate of drug-likeness (QED) is 0.711. The number of hydrogen-bond acceptors (Lipinski definition) is 7. The molecule has 3 heterocycles. The number of rotatable bonds is 3. The molecule has 4 rings (SSSR count). The van der Waals surface area contributed by atoms with Gasteiger partial charge in [-0.15, -0.1) is 0 Å². The van der Waals surface area contributed by atoms with Gasteiger partial charge in [0.2, 0.25) is 5.13 Å². The lowest BCUT2D eigenvalue weighted by atomic mass is 10.1. The second kappa shape index (κ2) is 7.26. The van der Waals surface area contributed by atoms with Gasteiger partial charge in [-0.1, -0.05) is 25.1 Å². The summed E-state index contributed by atoms with van der Waals surface area (Å²) >= 11 is 1.48. The number of para-hydroxylation sites is 1. The number of nitriles is 1. The minimum absolute atomic E-state index is 0.640. The Hall–Kier alpha value is -2.72. The molecule has 1 fully saturated rings. The Morgan fingerprint density at radius 1 is 1.15 bits per heavy atom. The van der Waals surface area contributed by atoms with Crippen LogP contribution in [0.2, 0.25) is 0 Å². The highest BCUT2D eigenvalue weighted by Gasteiger charge is 2.21. The molecule has 0 unspecified atom stereocenters. The third kappa shape index (κ3) is 3.08. The van der Waals surface area contributed by atoms with Crippen LogP contribution in [-0.2, 0) is 6.42 Å². The molecule has 132 valence electrons. The van der Waals surface area contributed by atoms with Crippen molar-refractivity contribution < 1.29 is 0 Å². The average Bonchev–Trinajstić information content (AvgIpc) is 3.04. The first-order chi connectivity index (χ1) is 12.8. The molecule has 1 saturated heterocycles. The maximum Gasteiger partial charge on any atom is 0.205 e. The van der Waals surface area contributed by atoms with Crippen molar-refractivity contribution in [2.75, 3.05) is 36.0 Å². The summed E-state index contributed by atoms with van der Waals surface area (Å²) in [7, 11) is 0. The van der Waals surface area contributed by atoms with Crippen molar-refractivity contribution >= 4 is 33.3 Å². The van der Waals surface area contributed by atoms with Crippen LogP contribution in [0.1, 0.15) is 24.7 Å². The van der Waals surface area contributed by atoms with E-state index >= 15 is 0 Å². The fraction of sp³-hybridized carbons (Fsp3) is 0.368. The second-order valence-corrected chi connectivity index (χ2v) is 7.05. The molecule has 0 bridgehead atoms. The number of nitrogens with zero attached hydrogens (tertiary/aromatic N) is 6. The number of anilines is 2. The van der Waals surface area contributed by atoms with Crippen LogP contribution in [0.15, 0.2) is 30.5 Å². The van der Waals surface area contributed by atoms with Crippen LogP contribution in [0.4, 0.5) is 10.8 Å². The Balaban J connectivity index is 1.63. The number of pyridine rings is 1. The smallest absolute Gasteiger partial charge is 0.205 e. The molecule has 0 spiro atoms. The third-order valence-corrected chi connectivity index (χ3v) is 5.54. The van der Waals surface area contributed by atoms with E-state index in [1.807, 2.05) is 18.2 Å². The molecule has 1 aliphatic rings. The Bertz CT molecular complexity index is 960. The predicted octanol–water partition coefficient (Wildman–Crippen LogP) is 3.24. The summed E-state index contributed by atoms with van der Waals surface area (Å²) in [5.41, 5.74) is 2.58. The van der Waals surface area contributed by atoms with E-state index in [4.69, 9.17) is 0 Å². The third-order valence-electron chi connectivity index (χ3n) is 4.72. The highest BCUT2D eigenvalue weighted by atomic mass is 32.1. The zero-order valence-corrected chi connectivity index (χ0v) is 15.5. The number of hydrogen-bond donors (Lipinski definition) is 0. The highest BCUT2D eigenvalue weighted by molar-refractivity contribution is 7.09. The summed E-state index contributed by atoms with van der Waals surface area (Å²) < 4.78 is 4.41. The molecule has 2 aromatic heterocycles. The Labute approximate surface area is 156 Å². The monoisotopic (exact) mass is 364 g/mol. The Morgan fingerprint density at radius 2 is 1.96 bits per heavy atom. The zero-order valence-electron chi connectivity index (χ0n) is 14.7. The van der Waals surface area contributed by atoms with Gasteiger partial charge in [-0.25, -0.2) is 4.98 Å². The van der Waals surface area contributed by atoms with Crippen LogP contribution in [0.25, 0.3) is 10.9 Å². The van der Waals surface area contributed by atoms with Gasteiger partial charge in [-0.05, 0) is 12.5 Å². The molecule has 0 atom stereocenters. The summed E-state index contributed by atoms with van der Waals surface area (Å²) in [4.78, 5) is 13.7. The van der Waals surface area contributed by atoms with E-state index in [0.717, 1.165) is 66.6 Å². The van der Waals surface area contributed by atoms with E-state index < -0.39 is 0 Å². The normalized spacial score (nSPS) is 15.1. The molecule has 6 nitrogen and oxygen atoms in total. The van der Waals surface area contributed by atoms with E-state index in [2.05, 4.69) is 43.2 Å². The average molecular weight is 364 g/mol. The van der Waals surface area contributed by atoms with Crippen molar-refractivity contribution in [1.82, 2.24) is 14.3 Å². The molecule has 26 heavy (non-hydrogen) atoms. The summed E-state index contributed by atoms with van der Waals surface area (Å²) in [6.07, 6.45) is 3.58. The largest absolute Gasteiger partial charge is 0.368 e. The lowest BCUT2D eigenvalue weighted by Gasteiger charge is -2.25. The number of benzene rings is 1. The molecule has 0 aliphatic carbocycles. The standard InChI is InChI=1S/C19H20N6S/c1-2-17-22-19(26-23-17)25-9-5-8-24(10-11-25)18-14(12-20)13-21-16-7-4-3-6-15(16)18/h3-4,6-7,13H,2,5,8-11H2,1H3. The molecule has 3 aromatic rings. The summed E-state index contributed by atoms with van der Waals surface area (Å²) in [6, 6.07) is 10.4. The van der Waals surface area contributed by atoms with Crippen LogP contribution < -0.4 is 9.80 Å². The molecule has 0 saturated carbocycles. The number of fused-ring (bicyclic) bond motifs is 1. The lowest BCUT2D eigenvalue weighted by Crippen LogP contribution is -2.31. The molecule has 7 heteroatoms. The van der Waals surface area contributed by atoms with Crippen LogP contribution in [-0.4, -0.2) is 40.5 Å². The van der Waals surface area contributed by atoms with Crippen molar-refractivity contribution in [1.29, 1.82) is 5.26 Å². The first-order valence-electron chi connectivity index (χ1n) is 8.90. The van der Waals surface area contributed by atoms with Crippen LogP contribution in [0.3, 0.4) is 0 Å². The topological polar surface area (TPSA) is 68.9 Å². The highest BCUT2D eigenvalue weighted by Crippen LogP contribution is 2.30. The van der Waals surface area contributed by atoms with E-state index in [1.54, 1.807) is 6.20 Å². The maximum atomic E-state index is 9.60. The molecule has 1 aromatic carbocycles. The number of aromatic nitrogens is 3. The first-order valence-corrected chi connectivity index (χ1v) is 9.68. The van der Waals surface area contributed by atoms with Gasteiger partial charge in [0, 0.05) is 55.7 Å².